The molecule has 1 aliphatic rings. The summed E-state index contributed by atoms with van der Waals surface area (Å²) in [6, 6.07) is 4.15. The van der Waals surface area contributed by atoms with Crippen LogP contribution < -0.4 is 4.74 Å². The van der Waals surface area contributed by atoms with Crippen LogP contribution in [0.1, 0.15) is 45.8 Å². The molecule has 0 saturated heterocycles. The predicted octanol–water partition coefficient (Wildman–Crippen LogP) is 4.10. The minimum Gasteiger partial charge on any atom is -0.497 e. The highest BCUT2D eigenvalue weighted by atomic mass is 32.2. The summed E-state index contributed by atoms with van der Waals surface area (Å²) in [5, 5.41) is 0.496. The van der Waals surface area contributed by atoms with Crippen LogP contribution in [-0.2, 0) is 12.8 Å². The molecule has 0 bridgehead atoms. The van der Waals surface area contributed by atoms with Gasteiger partial charge in [0.15, 0.2) is 10.9 Å². The topological polar surface area (TPSA) is 61.2 Å². The number of methoxy groups -OCH3 is 1. The number of nitrogens with zero attached hydrogens (tertiary/aromatic N) is 2. The number of ether oxygens (including phenoxy) is 1. The van der Waals surface area contributed by atoms with Crippen LogP contribution in [0.15, 0.2) is 36.0 Å². The second kappa shape index (κ2) is 8.52. The van der Waals surface area contributed by atoms with Crippen molar-refractivity contribution in [3.8, 4) is 5.75 Å². The van der Waals surface area contributed by atoms with Gasteiger partial charge in [0.25, 0.3) is 0 Å². The van der Waals surface area contributed by atoms with E-state index in [2.05, 4.69) is 11.6 Å². The van der Waals surface area contributed by atoms with Gasteiger partial charge in [-0.2, -0.15) is 0 Å². The minimum absolute atomic E-state index is 0.000507. The Balaban J connectivity index is 1.81. The molecule has 0 unspecified atom stereocenters. The lowest BCUT2D eigenvalue weighted by molar-refractivity contribution is 0.0901. The van der Waals surface area contributed by atoms with Gasteiger partial charge in [0.05, 0.1) is 24.1 Å². The smallest absolute Gasteiger partial charge is 0.236 e. The van der Waals surface area contributed by atoms with Crippen LogP contribution in [0, 0.1) is 5.82 Å². The number of allylic oxidation sites excluding steroid dienone is 1. The second-order valence-corrected chi connectivity index (χ2v) is 7.22. The van der Waals surface area contributed by atoms with E-state index in [1.807, 2.05) is 0 Å². The van der Waals surface area contributed by atoms with Crippen molar-refractivity contribution in [1.29, 1.82) is 0 Å². The first-order valence-electron chi connectivity index (χ1n) is 8.79. The van der Waals surface area contributed by atoms with Crippen molar-refractivity contribution in [2.75, 3.05) is 12.9 Å². The number of rotatable bonds is 7. The zero-order valence-electron chi connectivity index (χ0n) is 15.2. The van der Waals surface area contributed by atoms with Crippen molar-refractivity contribution in [2.45, 2.75) is 37.3 Å². The molecular weight excluding hydrogens is 367 g/mol. The fourth-order valence-electron chi connectivity index (χ4n) is 3.14. The number of hydrogen-bond acceptors (Lipinski definition) is 5. The van der Waals surface area contributed by atoms with Crippen molar-refractivity contribution in [1.82, 2.24) is 9.55 Å². The summed E-state index contributed by atoms with van der Waals surface area (Å²) < 4.78 is 20.7. The van der Waals surface area contributed by atoms with E-state index in [4.69, 9.17) is 4.74 Å². The summed E-state index contributed by atoms with van der Waals surface area (Å²) in [6.45, 7) is 3.62. The monoisotopic (exact) mass is 388 g/mol. The first-order chi connectivity index (χ1) is 13.0. The number of fused-ring (bicyclic) bond motifs is 1. The number of hydrogen-bond donors (Lipinski definition) is 0. The number of Topliss-reactive ketones (excluding diaryl/α,β-unsaturated/α-hetero) is 1. The molecule has 2 aromatic rings. The first-order valence-corrected chi connectivity index (χ1v) is 9.77. The average molecular weight is 388 g/mol. The van der Waals surface area contributed by atoms with Gasteiger partial charge >= 0.3 is 0 Å². The molecular formula is C20H21FN2O3S. The number of ketones is 1. The zero-order chi connectivity index (χ0) is 19.4. The predicted molar refractivity (Wildman–Crippen MR) is 102 cm³/mol. The molecule has 3 rings (SSSR count). The van der Waals surface area contributed by atoms with E-state index >= 15 is 0 Å². The number of aryl methyl sites for hydroxylation is 1. The third-order valence-corrected chi connectivity index (χ3v) is 5.42. The summed E-state index contributed by atoms with van der Waals surface area (Å²) in [4.78, 5) is 29.5. The van der Waals surface area contributed by atoms with Crippen molar-refractivity contribution < 1.29 is 18.7 Å². The van der Waals surface area contributed by atoms with Gasteiger partial charge in [-0.15, -0.1) is 6.58 Å². The van der Waals surface area contributed by atoms with Crippen LogP contribution >= 0.6 is 11.8 Å². The highest BCUT2D eigenvalue weighted by Crippen LogP contribution is 2.29. The van der Waals surface area contributed by atoms with Gasteiger partial charge in [0.2, 0.25) is 5.91 Å². The molecule has 0 radical (unpaired) electrons. The number of aromatic nitrogens is 2. The Morgan fingerprint density at radius 2 is 2.15 bits per heavy atom. The SMILES string of the molecule is C=CCC(=O)n1c(SCC(=O)c2ccc(OC)cc2F)nc2c1CCCC2. The Labute approximate surface area is 161 Å². The molecule has 1 aliphatic carbocycles. The highest BCUT2D eigenvalue weighted by Gasteiger charge is 2.24. The molecule has 7 heteroatoms. The van der Waals surface area contributed by atoms with Gasteiger partial charge in [0, 0.05) is 18.2 Å². The molecule has 1 aromatic heterocycles. The standard InChI is InChI=1S/C20H21FN2O3S/c1-3-6-19(25)23-17-8-5-4-7-16(17)22-20(23)27-12-18(24)14-10-9-13(26-2)11-15(14)21/h3,9-11H,1,4-8,12H2,2H3. The Morgan fingerprint density at radius 1 is 1.37 bits per heavy atom. The maximum Gasteiger partial charge on any atom is 0.236 e. The molecule has 0 saturated carbocycles. The number of carbonyl (C=O) groups is 2. The lowest BCUT2D eigenvalue weighted by Crippen LogP contribution is -2.17. The molecule has 0 aliphatic heterocycles. The lowest BCUT2D eigenvalue weighted by atomic mass is 10.0. The number of imidazole rings is 1. The summed E-state index contributed by atoms with van der Waals surface area (Å²) in [6.07, 6.45) is 5.45. The molecule has 0 N–H and O–H groups in total. The molecule has 142 valence electrons. The number of carbonyl (C=O) groups excluding carboxylic acids is 2. The van der Waals surface area contributed by atoms with E-state index in [0.717, 1.165) is 37.1 Å². The van der Waals surface area contributed by atoms with Crippen LogP contribution in [0.4, 0.5) is 4.39 Å². The van der Waals surface area contributed by atoms with Crippen LogP contribution in [0.3, 0.4) is 0 Å². The maximum absolute atomic E-state index is 14.1. The van der Waals surface area contributed by atoms with Crippen molar-refractivity contribution in [3.05, 3.63) is 53.6 Å². The fourth-order valence-corrected chi connectivity index (χ4v) is 4.07. The summed E-state index contributed by atoms with van der Waals surface area (Å²) >= 11 is 1.17. The van der Waals surface area contributed by atoms with E-state index in [1.165, 1.54) is 31.0 Å². The van der Waals surface area contributed by atoms with Crippen molar-refractivity contribution >= 4 is 23.5 Å². The molecule has 27 heavy (non-hydrogen) atoms. The lowest BCUT2D eigenvalue weighted by Gasteiger charge is -2.13. The Hall–Kier alpha value is -2.41. The maximum atomic E-state index is 14.1. The Bertz CT molecular complexity index is 892. The van der Waals surface area contributed by atoms with Crippen molar-refractivity contribution in [3.63, 3.8) is 0 Å². The summed E-state index contributed by atoms with van der Waals surface area (Å²) in [5.41, 5.74) is 1.85. The largest absolute Gasteiger partial charge is 0.497 e. The molecule has 1 heterocycles. The van der Waals surface area contributed by atoms with E-state index in [9.17, 15) is 14.0 Å². The third-order valence-electron chi connectivity index (χ3n) is 4.48. The first kappa shape index (κ1) is 19.4. The molecule has 0 spiro atoms. The number of thioether (sulfide) groups is 1. The van der Waals surface area contributed by atoms with Gasteiger partial charge in [-0.05, 0) is 37.8 Å². The molecule has 0 amide bonds. The average Bonchev–Trinajstić information content (AvgIpc) is 3.04. The molecule has 0 fully saturated rings. The second-order valence-electron chi connectivity index (χ2n) is 6.27. The molecule has 0 atom stereocenters. The van der Waals surface area contributed by atoms with E-state index < -0.39 is 5.82 Å². The van der Waals surface area contributed by atoms with Gasteiger partial charge < -0.3 is 4.74 Å². The van der Waals surface area contributed by atoms with Crippen LogP contribution in [0.5, 0.6) is 5.75 Å². The zero-order valence-corrected chi connectivity index (χ0v) is 16.0. The fraction of sp³-hybridized carbons (Fsp3) is 0.350. The van der Waals surface area contributed by atoms with Gasteiger partial charge in [0.1, 0.15) is 11.6 Å². The summed E-state index contributed by atoms with van der Waals surface area (Å²) in [7, 11) is 1.44. The van der Waals surface area contributed by atoms with Gasteiger partial charge in [-0.3, -0.25) is 14.2 Å². The normalized spacial score (nSPS) is 13.1. The summed E-state index contributed by atoms with van der Waals surface area (Å²) in [5.74, 6) is -0.726. The molecule has 1 aromatic carbocycles. The van der Waals surface area contributed by atoms with E-state index in [-0.39, 0.29) is 29.4 Å². The van der Waals surface area contributed by atoms with E-state index in [0.29, 0.717) is 10.9 Å². The van der Waals surface area contributed by atoms with Crippen LogP contribution in [0.2, 0.25) is 0 Å². The van der Waals surface area contributed by atoms with Gasteiger partial charge in [-0.1, -0.05) is 17.8 Å². The third kappa shape index (κ3) is 4.13. The highest BCUT2D eigenvalue weighted by molar-refractivity contribution is 7.99. The van der Waals surface area contributed by atoms with Crippen LogP contribution in [-0.4, -0.2) is 34.1 Å². The number of benzene rings is 1. The minimum atomic E-state index is -0.620. The van der Waals surface area contributed by atoms with Gasteiger partial charge in [-0.25, -0.2) is 9.37 Å². The van der Waals surface area contributed by atoms with Crippen molar-refractivity contribution in [2.24, 2.45) is 0 Å². The number of halogens is 1. The van der Waals surface area contributed by atoms with E-state index in [1.54, 1.807) is 16.7 Å². The van der Waals surface area contributed by atoms with Crippen LogP contribution in [0.25, 0.3) is 0 Å². The quantitative estimate of drug-likeness (QED) is 0.406. The Kier molecular flexibility index (Phi) is 6.11. The Morgan fingerprint density at radius 3 is 2.85 bits per heavy atom. The molecule has 5 nitrogen and oxygen atoms in total.